The molecule has 0 unspecified atom stereocenters. The van der Waals surface area contributed by atoms with E-state index in [2.05, 4.69) is 9.84 Å². The van der Waals surface area contributed by atoms with E-state index in [0.717, 1.165) is 0 Å². The highest BCUT2D eigenvalue weighted by molar-refractivity contribution is 7.46. The highest BCUT2D eigenvalue weighted by atomic mass is 31.2. The van der Waals surface area contributed by atoms with Gasteiger partial charge in [-0.1, -0.05) is 12.2 Å². The number of rotatable bonds is 2. The molecule has 0 saturated carbocycles. The van der Waals surface area contributed by atoms with Crippen molar-refractivity contribution >= 4 is 7.82 Å². The summed E-state index contributed by atoms with van der Waals surface area (Å²) in [5.41, 5.74) is 0. The molecule has 1 rings (SSSR count). The summed E-state index contributed by atoms with van der Waals surface area (Å²) in [7, 11) is -4.45. The molecule has 0 aromatic heterocycles. The second-order valence-corrected chi connectivity index (χ2v) is 3.16. The van der Waals surface area contributed by atoms with Crippen molar-refractivity contribution < 1.29 is 18.9 Å². The van der Waals surface area contributed by atoms with Gasteiger partial charge in [-0.05, 0) is 12.2 Å². The summed E-state index contributed by atoms with van der Waals surface area (Å²) in [6, 6.07) is 0. The van der Waals surface area contributed by atoms with Crippen LogP contribution in [0.3, 0.4) is 0 Å². The zero-order valence-corrected chi connectivity index (χ0v) is 6.94. The molecule has 1 aliphatic heterocycles. The number of hydrogen-bond donors (Lipinski definition) is 3. The van der Waals surface area contributed by atoms with Crippen LogP contribution in [0.5, 0.6) is 0 Å². The third kappa shape index (κ3) is 3.39. The van der Waals surface area contributed by atoms with E-state index >= 15 is 0 Å². The predicted molar refractivity (Wildman–Crippen MR) is 42.6 cm³/mol. The quantitative estimate of drug-likeness (QED) is 0.554. The molecular formula is C6H8NO4P. The Morgan fingerprint density at radius 2 is 2.08 bits per heavy atom. The van der Waals surface area contributed by atoms with Gasteiger partial charge in [0, 0.05) is 6.20 Å². The highest BCUT2D eigenvalue weighted by Gasteiger charge is 2.16. The molecule has 0 fully saturated rings. The van der Waals surface area contributed by atoms with Crippen LogP contribution < -0.4 is 5.32 Å². The monoisotopic (exact) mass is 189 g/mol. The minimum atomic E-state index is -4.45. The third-order valence-electron chi connectivity index (χ3n) is 1.01. The van der Waals surface area contributed by atoms with E-state index in [4.69, 9.17) is 9.79 Å². The summed E-state index contributed by atoms with van der Waals surface area (Å²) in [5, 5.41) is 2.54. The fourth-order valence-electron chi connectivity index (χ4n) is 0.626. The van der Waals surface area contributed by atoms with Gasteiger partial charge in [0.2, 0.25) is 5.88 Å². The van der Waals surface area contributed by atoms with Crippen LogP contribution in [0, 0.1) is 0 Å². The minimum Gasteiger partial charge on any atom is -0.388 e. The molecule has 66 valence electrons. The first kappa shape index (κ1) is 9.06. The molecule has 1 heterocycles. The van der Waals surface area contributed by atoms with Crippen molar-refractivity contribution in [3.8, 4) is 0 Å². The average Bonchev–Trinajstić information content (AvgIpc) is 2.12. The average molecular weight is 189 g/mol. The number of hydrogen-bond acceptors (Lipinski definition) is 3. The molecule has 0 aromatic rings. The lowest BCUT2D eigenvalue weighted by Crippen LogP contribution is -2.06. The van der Waals surface area contributed by atoms with Crippen molar-refractivity contribution in [3.63, 3.8) is 0 Å². The van der Waals surface area contributed by atoms with Gasteiger partial charge >= 0.3 is 7.82 Å². The summed E-state index contributed by atoms with van der Waals surface area (Å²) in [4.78, 5) is 16.8. The molecule has 1 aliphatic rings. The Morgan fingerprint density at radius 1 is 1.33 bits per heavy atom. The van der Waals surface area contributed by atoms with Crippen LogP contribution in [-0.2, 0) is 9.09 Å². The lowest BCUT2D eigenvalue weighted by atomic mass is 10.5. The molecule has 0 spiro atoms. The summed E-state index contributed by atoms with van der Waals surface area (Å²) < 4.78 is 14.6. The Labute approximate surface area is 69.3 Å². The van der Waals surface area contributed by atoms with Gasteiger partial charge in [0.05, 0.1) is 0 Å². The van der Waals surface area contributed by atoms with Crippen molar-refractivity contribution in [2.24, 2.45) is 0 Å². The number of phosphoric ester groups is 1. The molecular weight excluding hydrogens is 181 g/mol. The molecule has 0 aliphatic carbocycles. The summed E-state index contributed by atoms with van der Waals surface area (Å²) >= 11 is 0. The van der Waals surface area contributed by atoms with Crippen molar-refractivity contribution in [1.82, 2.24) is 5.32 Å². The number of nitrogens with one attached hydrogen (secondary N) is 1. The van der Waals surface area contributed by atoms with Gasteiger partial charge < -0.3 is 9.84 Å². The van der Waals surface area contributed by atoms with Crippen molar-refractivity contribution in [1.29, 1.82) is 0 Å². The molecule has 0 saturated heterocycles. The molecule has 0 radical (unpaired) electrons. The summed E-state index contributed by atoms with van der Waals surface area (Å²) in [6.45, 7) is 0. The lowest BCUT2D eigenvalue weighted by Gasteiger charge is -2.08. The molecule has 0 bridgehead atoms. The third-order valence-corrected chi connectivity index (χ3v) is 1.44. The molecule has 3 N–H and O–H groups in total. The Kier molecular flexibility index (Phi) is 2.70. The van der Waals surface area contributed by atoms with E-state index in [1.54, 1.807) is 18.2 Å². The van der Waals surface area contributed by atoms with Crippen LogP contribution in [0.2, 0.25) is 0 Å². The van der Waals surface area contributed by atoms with E-state index < -0.39 is 7.82 Å². The van der Waals surface area contributed by atoms with Crippen LogP contribution >= 0.6 is 7.82 Å². The Bertz CT molecular complexity index is 288. The number of phosphoric acid groups is 1. The summed E-state index contributed by atoms with van der Waals surface area (Å²) in [5.74, 6) is 0.0216. The first-order valence-electron chi connectivity index (χ1n) is 3.13. The van der Waals surface area contributed by atoms with Gasteiger partial charge in [-0.3, -0.25) is 9.79 Å². The Morgan fingerprint density at radius 3 is 2.75 bits per heavy atom. The molecule has 5 nitrogen and oxygen atoms in total. The zero-order chi connectivity index (χ0) is 9.03. The first-order valence-corrected chi connectivity index (χ1v) is 4.66. The van der Waals surface area contributed by atoms with Crippen molar-refractivity contribution in [3.05, 3.63) is 36.4 Å². The maximum atomic E-state index is 10.4. The summed E-state index contributed by atoms with van der Waals surface area (Å²) in [6.07, 6.45) is 7.89. The Balaban J connectivity index is 2.64. The van der Waals surface area contributed by atoms with E-state index in [1.807, 2.05) is 0 Å². The van der Waals surface area contributed by atoms with Gasteiger partial charge in [-0.15, -0.1) is 0 Å². The van der Waals surface area contributed by atoms with E-state index in [0.29, 0.717) is 0 Å². The second-order valence-electron chi connectivity index (χ2n) is 2.00. The fourth-order valence-corrected chi connectivity index (χ4v) is 0.996. The SMILES string of the molecule is O=P(O)(O)OC1=CC=CC=CN1. The second kappa shape index (κ2) is 3.58. The molecule has 0 aromatic carbocycles. The van der Waals surface area contributed by atoms with Crippen LogP contribution in [0.1, 0.15) is 0 Å². The topological polar surface area (TPSA) is 78.8 Å². The first-order chi connectivity index (χ1) is 5.58. The normalized spacial score (nSPS) is 16.3. The molecule has 6 heteroatoms. The lowest BCUT2D eigenvalue weighted by molar-refractivity contribution is 0.234. The van der Waals surface area contributed by atoms with Crippen LogP contribution in [0.25, 0.3) is 0 Å². The van der Waals surface area contributed by atoms with E-state index in [9.17, 15) is 4.57 Å². The van der Waals surface area contributed by atoms with E-state index in [-0.39, 0.29) is 5.88 Å². The van der Waals surface area contributed by atoms with Crippen LogP contribution in [0.15, 0.2) is 36.4 Å². The molecule has 12 heavy (non-hydrogen) atoms. The predicted octanol–water partition coefficient (Wildman–Crippen LogP) is 0.610. The maximum absolute atomic E-state index is 10.4. The smallest absolute Gasteiger partial charge is 0.388 e. The number of allylic oxidation sites excluding steroid dienone is 4. The molecule has 0 amide bonds. The van der Waals surface area contributed by atoms with Gasteiger partial charge in [0.1, 0.15) is 0 Å². The standard InChI is InChI=1S/C6H8NO4P/c8-12(9,10)11-6-4-2-1-3-5-7-6/h1-5,7H,(H2,8,9,10). The van der Waals surface area contributed by atoms with Gasteiger partial charge in [0.15, 0.2) is 0 Å². The van der Waals surface area contributed by atoms with Crippen LogP contribution in [-0.4, -0.2) is 9.79 Å². The zero-order valence-electron chi connectivity index (χ0n) is 6.04. The molecule has 0 atom stereocenters. The van der Waals surface area contributed by atoms with Crippen molar-refractivity contribution in [2.75, 3.05) is 0 Å². The van der Waals surface area contributed by atoms with Gasteiger partial charge in [-0.2, -0.15) is 0 Å². The minimum absolute atomic E-state index is 0.0216. The van der Waals surface area contributed by atoms with E-state index in [1.165, 1.54) is 12.3 Å². The largest absolute Gasteiger partial charge is 0.525 e. The van der Waals surface area contributed by atoms with Crippen LogP contribution in [0.4, 0.5) is 0 Å². The van der Waals surface area contributed by atoms with Gasteiger partial charge in [-0.25, -0.2) is 4.57 Å². The van der Waals surface area contributed by atoms with Crippen molar-refractivity contribution in [2.45, 2.75) is 0 Å². The van der Waals surface area contributed by atoms with Gasteiger partial charge in [0.25, 0.3) is 0 Å². The fraction of sp³-hybridized carbons (Fsp3) is 0. The maximum Gasteiger partial charge on any atom is 0.525 e. The highest BCUT2D eigenvalue weighted by Crippen LogP contribution is 2.38. The Hall–Kier alpha value is -1.03.